The van der Waals surface area contributed by atoms with Gasteiger partial charge in [0.25, 0.3) is 0 Å². The Labute approximate surface area is 144 Å². The van der Waals surface area contributed by atoms with Crippen LogP contribution in [0.15, 0.2) is 54.6 Å². The van der Waals surface area contributed by atoms with Crippen LogP contribution < -0.4 is 0 Å². The van der Waals surface area contributed by atoms with Gasteiger partial charge in [-0.2, -0.15) is 0 Å². The molecule has 0 fully saturated rings. The highest BCUT2D eigenvalue weighted by atomic mass is 32.1. The van der Waals surface area contributed by atoms with E-state index >= 15 is 0 Å². The molecule has 0 spiro atoms. The fourth-order valence-electron chi connectivity index (χ4n) is 2.46. The number of para-hydroxylation sites is 1. The van der Waals surface area contributed by atoms with Gasteiger partial charge in [0.2, 0.25) is 5.91 Å². The van der Waals surface area contributed by atoms with Crippen LogP contribution in [-0.4, -0.2) is 28.6 Å². The highest BCUT2D eigenvalue weighted by Gasteiger charge is 2.14. The minimum absolute atomic E-state index is 0.00247. The van der Waals surface area contributed by atoms with E-state index in [1.807, 2.05) is 42.5 Å². The summed E-state index contributed by atoms with van der Waals surface area (Å²) < 4.78 is 1.12. The maximum Gasteiger partial charge on any atom is 0.223 e. The average molecular weight is 338 g/mol. The fourth-order valence-corrected chi connectivity index (χ4v) is 3.48. The van der Waals surface area contributed by atoms with Crippen LogP contribution in [0.4, 0.5) is 0 Å². The van der Waals surface area contributed by atoms with Crippen LogP contribution >= 0.6 is 11.3 Å². The second-order valence-electron chi connectivity index (χ2n) is 5.61. The number of rotatable bonds is 6. The average Bonchev–Trinajstić information content (AvgIpc) is 3.02. The Kier molecular flexibility index (Phi) is 5.01. The third-order valence-corrected chi connectivity index (χ3v) is 4.82. The molecule has 0 aliphatic heterocycles. The molecule has 1 aromatic heterocycles. The van der Waals surface area contributed by atoms with Crippen molar-refractivity contribution in [2.45, 2.75) is 19.4 Å². The first-order valence-corrected chi connectivity index (χ1v) is 8.62. The zero-order chi connectivity index (χ0) is 16.9. The number of carbonyl (C=O) groups is 2. The van der Waals surface area contributed by atoms with E-state index in [0.717, 1.165) is 15.2 Å². The lowest BCUT2D eigenvalue weighted by Gasteiger charge is -2.15. The van der Waals surface area contributed by atoms with Gasteiger partial charge in [0, 0.05) is 25.5 Å². The minimum atomic E-state index is -0.0430. The fraction of sp³-hybridized carbons (Fsp3) is 0.211. The number of hydrogen-bond donors (Lipinski definition) is 0. The second kappa shape index (κ2) is 7.36. The molecule has 3 aromatic rings. The van der Waals surface area contributed by atoms with Gasteiger partial charge < -0.3 is 4.90 Å². The van der Waals surface area contributed by atoms with Crippen molar-refractivity contribution < 1.29 is 9.59 Å². The maximum atomic E-state index is 12.2. The monoisotopic (exact) mass is 338 g/mol. The first-order valence-electron chi connectivity index (χ1n) is 7.80. The quantitative estimate of drug-likeness (QED) is 0.640. The normalized spacial score (nSPS) is 10.7. The van der Waals surface area contributed by atoms with Crippen molar-refractivity contribution in [2.75, 3.05) is 7.05 Å². The summed E-state index contributed by atoms with van der Waals surface area (Å²) in [5.41, 5.74) is 1.61. The summed E-state index contributed by atoms with van der Waals surface area (Å²) >= 11 is 1.59. The lowest BCUT2D eigenvalue weighted by molar-refractivity contribution is -0.130. The van der Waals surface area contributed by atoms with Gasteiger partial charge in [-0.1, -0.05) is 42.5 Å². The number of hydrogen-bond acceptors (Lipinski definition) is 4. The van der Waals surface area contributed by atoms with E-state index in [-0.39, 0.29) is 24.5 Å². The van der Waals surface area contributed by atoms with Crippen LogP contribution in [0.3, 0.4) is 0 Å². The number of thiazole rings is 1. The highest BCUT2D eigenvalue weighted by Crippen LogP contribution is 2.22. The lowest BCUT2D eigenvalue weighted by atomic mass is 10.1. The van der Waals surface area contributed by atoms with Gasteiger partial charge in [-0.3, -0.25) is 9.59 Å². The molecule has 24 heavy (non-hydrogen) atoms. The van der Waals surface area contributed by atoms with Gasteiger partial charge in [-0.25, -0.2) is 4.98 Å². The Morgan fingerprint density at radius 1 is 1.00 bits per heavy atom. The second-order valence-corrected chi connectivity index (χ2v) is 6.73. The first kappa shape index (κ1) is 16.3. The summed E-state index contributed by atoms with van der Waals surface area (Å²) in [6, 6.07) is 17.0. The van der Waals surface area contributed by atoms with E-state index in [9.17, 15) is 9.59 Å². The zero-order valence-electron chi connectivity index (χ0n) is 13.4. The number of amides is 1. The molecule has 0 atom stereocenters. The van der Waals surface area contributed by atoms with E-state index < -0.39 is 0 Å². The number of fused-ring (bicyclic) bond motifs is 1. The van der Waals surface area contributed by atoms with Crippen LogP contribution in [0, 0.1) is 0 Å². The molecule has 1 amide bonds. The Bertz CT molecular complexity index is 825. The van der Waals surface area contributed by atoms with Gasteiger partial charge in [-0.05, 0) is 12.1 Å². The number of benzene rings is 2. The molecular formula is C19H18N2O2S. The van der Waals surface area contributed by atoms with E-state index in [2.05, 4.69) is 4.98 Å². The van der Waals surface area contributed by atoms with Crippen molar-refractivity contribution in [2.24, 2.45) is 0 Å². The Morgan fingerprint density at radius 3 is 2.46 bits per heavy atom. The third-order valence-electron chi connectivity index (χ3n) is 3.80. The molecule has 1 heterocycles. The molecule has 122 valence electrons. The number of Topliss-reactive ketones (excluding diaryl/α,β-unsaturated/α-hetero) is 1. The van der Waals surface area contributed by atoms with Crippen LogP contribution in [-0.2, 0) is 11.3 Å². The SMILES string of the molecule is CN(Cc1nc2ccccc2s1)C(=O)CCC(=O)c1ccccc1. The number of ketones is 1. The zero-order valence-corrected chi connectivity index (χ0v) is 14.3. The summed E-state index contributed by atoms with van der Waals surface area (Å²) in [5.74, 6) is -0.0455. The molecule has 0 saturated heterocycles. The van der Waals surface area contributed by atoms with Crippen LogP contribution in [0.5, 0.6) is 0 Å². The molecule has 5 heteroatoms. The summed E-state index contributed by atoms with van der Waals surface area (Å²) in [7, 11) is 1.75. The van der Waals surface area contributed by atoms with E-state index in [1.165, 1.54) is 0 Å². The van der Waals surface area contributed by atoms with Gasteiger partial charge >= 0.3 is 0 Å². The Morgan fingerprint density at radius 2 is 1.71 bits per heavy atom. The van der Waals surface area contributed by atoms with Crippen molar-refractivity contribution in [3.05, 3.63) is 65.2 Å². The number of nitrogens with zero attached hydrogens (tertiary/aromatic N) is 2. The van der Waals surface area contributed by atoms with Crippen molar-refractivity contribution >= 4 is 33.2 Å². The molecule has 4 nitrogen and oxygen atoms in total. The molecule has 2 aromatic carbocycles. The maximum absolute atomic E-state index is 12.2. The Balaban J connectivity index is 1.55. The largest absolute Gasteiger partial charge is 0.339 e. The summed E-state index contributed by atoms with van der Waals surface area (Å²) in [4.78, 5) is 30.5. The standard InChI is InChI=1S/C19H18N2O2S/c1-21(13-18-20-15-9-5-6-10-17(15)24-18)19(23)12-11-16(22)14-7-3-2-4-8-14/h2-10H,11-13H2,1H3. The van der Waals surface area contributed by atoms with E-state index in [1.54, 1.807) is 35.4 Å². The van der Waals surface area contributed by atoms with E-state index in [0.29, 0.717) is 12.1 Å². The molecule has 0 radical (unpaired) electrons. The van der Waals surface area contributed by atoms with Crippen molar-refractivity contribution in [1.29, 1.82) is 0 Å². The van der Waals surface area contributed by atoms with Crippen molar-refractivity contribution in [1.82, 2.24) is 9.88 Å². The molecule has 0 saturated carbocycles. The molecule has 0 unspecified atom stereocenters. The highest BCUT2D eigenvalue weighted by molar-refractivity contribution is 7.18. The van der Waals surface area contributed by atoms with Gasteiger partial charge in [-0.15, -0.1) is 11.3 Å². The molecule has 3 rings (SSSR count). The molecule has 0 N–H and O–H groups in total. The minimum Gasteiger partial charge on any atom is -0.339 e. The molecule has 0 bridgehead atoms. The number of aromatic nitrogens is 1. The third kappa shape index (κ3) is 3.86. The summed E-state index contributed by atoms with van der Waals surface area (Å²) in [5, 5.41) is 0.904. The summed E-state index contributed by atoms with van der Waals surface area (Å²) in [6.45, 7) is 0.470. The van der Waals surface area contributed by atoms with Crippen LogP contribution in [0.25, 0.3) is 10.2 Å². The lowest BCUT2D eigenvalue weighted by Crippen LogP contribution is -2.26. The predicted octanol–water partition coefficient (Wildman–Crippen LogP) is 3.92. The topological polar surface area (TPSA) is 50.3 Å². The van der Waals surface area contributed by atoms with Crippen LogP contribution in [0.1, 0.15) is 28.2 Å². The summed E-state index contributed by atoms with van der Waals surface area (Å²) in [6.07, 6.45) is 0.447. The van der Waals surface area contributed by atoms with Crippen molar-refractivity contribution in [3.63, 3.8) is 0 Å². The number of carbonyl (C=O) groups excluding carboxylic acids is 2. The van der Waals surface area contributed by atoms with Crippen LogP contribution in [0.2, 0.25) is 0 Å². The smallest absolute Gasteiger partial charge is 0.223 e. The van der Waals surface area contributed by atoms with Gasteiger partial charge in [0.05, 0.1) is 16.8 Å². The van der Waals surface area contributed by atoms with Crippen molar-refractivity contribution in [3.8, 4) is 0 Å². The Hall–Kier alpha value is -2.53. The predicted molar refractivity (Wildman–Crippen MR) is 96.1 cm³/mol. The van der Waals surface area contributed by atoms with Gasteiger partial charge in [0.1, 0.15) is 5.01 Å². The first-order chi connectivity index (χ1) is 11.6. The van der Waals surface area contributed by atoms with E-state index in [4.69, 9.17) is 0 Å². The molecule has 0 aliphatic carbocycles. The molecule has 0 aliphatic rings. The molecular weight excluding hydrogens is 320 g/mol. The van der Waals surface area contributed by atoms with Gasteiger partial charge in [0.15, 0.2) is 5.78 Å².